The van der Waals surface area contributed by atoms with Crippen LogP contribution < -0.4 is 16.2 Å². The van der Waals surface area contributed by atoms with Gasteiger partial charge in [-0.1, -0.05) is 23.7 Å². The number of alkyl halides is 1. The van der Waals surface area contributed by atoms with Gasteiger partial charge in [-0.05, 0) is 30.7 Å². The van der Waals surface area contributed by atoms with Crippen molar-refractivity contribution in [2.75, 3.05) is 25.5 Å². The molecule has 10 nitrogen and oxygen atoms in total. The van der Waals surface area contributed by atoms with Crippen LogP contribution in [0, 0.1) is 0 Å². The number of carbonyl (C=O) groups is 3. The molecule has 1 aromatic carbocycles. The molecule has 0 spiro atoms. The smallest absolute Gasteiger partial charge is 0.339 e. The van der Waals surface area contributed by atoms with Crippen molar-refractivity contribution < 1.29 is 23.9 Å². The predicted molar refractivity (Wildman–Crippen MR) is 131 cm³/mol. The fourth-order valence-electron chi connectivity index (χ4n) is 4.10. The molecule has 1 saturated heterocycles. The number of hydrogen-bond donors (Lipinski definition) is 3. The van der Waals surface area contributed by atoms with Crippen LogP contribution in [0.5, 0.6) is 0 Å². The molecule has 1 fully saturated rings. The first-order chi connectivity index (χ1) is 17.0. The summed E-state index contributed by atoms with van der Waals surface area (Å²) < 4.78 is 14.9. The summed E-state index contributed by atoms with van der Waals surface area (Å²) in [6.45, 7) is 0.752. The van der Waals surface area contributed by atoms with Gasteiger partial charge in [0, 0.05) is 30.2 Å². The van der Waals surface area contributed by atoms with Gasteiger partial charge in [0.2, 0.25) is 5.91 Å². The van der Waals surface area contributed by atoms with Crippen LogP contribution >= 0.6 is 11.6 Å². The van der Waals surface area contributed by atoms with E-state index in [4.69, 9.17) is 11.6 Å². The Kier molecular flexibility index (Phi) is 6.68. The summed E-state index contributed by atoms with van der Waals surface area (Å²) in [6, 6.07) is 8.01. The third kappa shape index (κ3) is 4.87. The number of fused-ring (bicyclic) bond motifs is 1. The average molecular weight is 516 g/mol. The van der Waals surface area contributed by atoms with Gasteiger partial charge < -0.3 is 20.6 Å². The van der Waals surface area contributed by atoms with Crippen LogP contribution in [-0.2, 0) is 17.9 Å². The molecule has 0 saturated carbocycles. The van der Waals surface area contributed by atoms with E-state index in [1.54, 1.807) is 24.3 Å². The second-order valence-electron chi connectivity index (χ2n) is 8.76. The number of aromatic nitrogens is 2. The van der Waals surface area contributed by atoms with E-state index < -0.39 is 35.6 Å². The van der Waals surface area contributed by atoms with Crippen LogP contribution in [0.4, 0.5) is 10.1 Å². The molecular weight excluding hydrogens is 493 g/mol. The zero-order valence-electron chi connectivity index (χ0n) is 19.5. The van der Waals surface area contributed by atoms with Gasteiger partial charge in [-0.25, -0.2) is 14.2 Å². The fraction of sp³-hybridized carbons (Fsp3) is 0.292. The van der Waals surface area contributed by atoms with Crippen molar-refractivity contribution in [1.82, 2.24) is 19.8 Å². The lowest BCUT2D eigenvalue weighted by Gasteiger charge is -2.42. The molecule has 36 heavy (non-hydrogen) atoms. The maximum absolute atomic E-state index is 13.9. The topological polar surface area (TPSA) is 134 Å². The summed E-state index contributed by atoms with van der Waals surface area (Å²) in [5.74, 6) is -2.51. The van der Waals surface area contributed by atoms with Crippen LogP contribution in [0.2, 0.25) is 5.02 Å². The molecule has 1 aliphatic heterocycles. The lowest BCUT2D eigenvalue weighted by molar-refractivity contribution is -0.144. The second kappa shape index (κ2) is 9.57. The number of pyridine rings is 2. The number of anilines is 1. The highest BCUT2D eigenvalue weighted by Gasteiger charge is 2.41. The third-order valence-corrected chi connectivity index (χ3v) is 6.15. The van der Waals surface area contributed by atoms with Crippen LogP contribution in [0.3, 0.4) is 0 Å². The molecule has 0 atom stereocenters. The Balaban J connectivity index is 1.77. The van der Waals surface area contributed by atoms with Crippen molar-refractivity contribution in [3.05, 3.63) is 68.6 Å². The van der Waals surface area contributed by atoms with Gasteiger partial charge >= 0.3 is 5.97 Å². The zero-order valence-corrected chi connectivity index (χ0v) is 20.2. The van der Waals surface area contributed by atoms with E-state index in [0.29, 0.717) is 5.02 Å². The third-order valence-electron chi connectivity index (χ3n) is 5.89. The van der Waals surface area contributed by atoms with Gasteiger partial charge in [-0.15, -0.1) is 0 Å². The normalized spacial score (nSPS) is 14.3. The quantitative estimate of drug-likeness (QED) is 0.439. The summed E-state index contributed by atoms with van der Waals surface area (Å²) in [5, 5.41) is 15.7. The van der Waals surface area contributed by atoms with Crippen LogP contribution in [0.15, 0.2) is 41.3 Å². The first kappa shape index (κ1) is 25.1. The molecule has 3 aromatic rings. The van der Waals surface area contributed by atoms with Crippen LogP contribution in [0.1, 0.15) is 33.2 Å². The van der Waals surface area contributed by atoms with E-state index in [1.807, 2.05) is 0 Å². The Morgan fingerprint density at radius 2 is 1.86 bits per heavy atom. The number of aromatic carboxylic acids is 1. The van der Waals surface area contributed by atoms with E-state index in [1.165, 1.54) is 24.9 Å². The van der Waals surface area contributed by atoms with Gasteiger partial charge in [-0.2, -0.15) is 0 Å². The zero-order chi connectivity index (χ0) is 26.2. The largest absolute Gasteiger partial charge is 0.478 e. The van der Waals surface area contributed by atoms with E-state index in [9.17, 15) is 28.7 Å². The van der Waals surface area contributed by atoms with Crippen molar-refractivity contribution in [3.63, 3.8) is 0 Å². The maximum atomic E-state index is 13.9. The Morgan fingerprint density at radius 3 is 2.44 bits per heavy atom. The summed E-state index contributed by atoms with van der Waals surface area (Å²) in [5.41, 5.74) is -1.89. The number of nitrogens with one attached hydrogen (secondary N) is 2. The lowest BCUT2D eigenvalue weighted by Crippen LogP contribution is -2.60. The van der Waals surface area contributed by atoms with E-state index >= 15 is 0 Å². The molecule has 0 aliphatic carbocycles. The van der Waals surface area contributed by atoms with E-state index in [2.05, 4.69) is 15.6 Å². The molecule has 12 heteroatoms. The predicted octanol–water partition coefficient (Wildman–Crippen LogP) is 2.29. The fourth-order valence-corrected chi connectivity index (χ4v) is 4.22. The molecular formula is C24H23ClFN5O5. The van der Waals surface area contributed by atoms with Gasteiger partial charge in [0.15, 0.2) is 0 Å². The SMILES string of the molecule is CNc1c(C(=O)O)cnc2c1cc(C(=O)NCc1ccc(Cl)cc1)c(=O)n2CC(=O)N1CC(C)(F)C1. The average Bonchev–Trinajstić information content (AvgIpc) is 2.82. The van der Waals surface area contributed by atoms with E-state index in [-0.39, 0.29) is 47.5 Å². The minimum atomic E-state index is -1.50. The number of likely N-dealkylation sites (tertiary alicyclic amines) is 1. The van der Waals surface area contributed by atoms with Gasteiger partial charge in [0.25, 0.3) is 11.5 Å². The Bertz CT molecular complexity index is 1430. The molecule has 1 aliphatic rings. The molecule has 0 radical (unpaired) electrons. The summed E-state index contributed by atoms with van der Waals surface area (Å²) >= 11 is 5.88. The lowest BCUT2D eigenvalue weighted by atomic mass is 9.99. The highest BCUT2D eigenvalue weighted by Crippen LogP contribution is 2.27. The number of nitrogens with zero attached hydrogens (tertiary/aromatic N) is 3. The standard InChI is InChI=1S/C24H23ClFN5O5/c1-24(26)11-30(12-24)18(32)10-31-20-15(19(27-2)17(9-28-20)23(35)36)7-16(22(31)34)21(33)29-8-13-3-5-14(25)6-4-13/h3-7,9H,8,10-12H2,1-2H3,(H,27,28)(H,29,33)(H,35,36). The Labute approximate surface area is 209 Å². The monoisotopic (exact) mass is 515 g/mol. The summed E-state index contributed by atoms with van der Waals surface area (Å²) in [7, 11) is 1.49. The number of benzene rings is 1. The molecule has 2 aromatic heterocycles. The minimum Gasteiger partial charge on any atom is -0.478 e. The first-order valence-corrected chi connectivity index (χ1v) is 11.4. The van der Waals surface area contributed by atoms with Gasteiger partial charge in [0.1, 0.15) is 29.0 Å². The summed E-state index contributed by atoms with van der Waals surface area (Å²) in [6.07, 6.45) is 1.07. The Morgan fingerprint density at radius 1 is 1.19 bits per heavy atom. The highest BCUT2D eigenvalue weighted by molar-refractivity contribution is 6.30. The molecule has 0 bridgehead atoms. The Hall–Kier alpha value is -3.99. The molecule has 2 amide bonds. The van der Waals surface area contributed by atoms with E-state index in [0.717, 1.165) is 16.3 Å². The van der Waals surface area contributed by atoms with Crippen molar-refractivity contribution in [1.29, 1.82) is 0 Å². The molecule has 188 valence electrons. The summed E-state index contributed by atoms with van der Waals surface area (Å²) in [4.78, 5) is 56.3. The molecule has 4 rings (SSSR count). The van der Waals surface area contributed by atoms with Crippen LogP contribution in [-0.4, -0.2) is 63.1 Å². The number of hydrogen-bond acceptors (Lipinski definition) is 6. The maximum Gasteiger partial charge on any atom is 0.339 e. The van der Waals surface area contributed by atoms with Gasteiger partial charge in [0.05, 0.1) is 18.8 Å². The molecule has 3 N–H and O–H groups in total. The first-order valence-electron chi connectivity index (χ1n) is 11.0. The van der Waals surface area contributed by atoms with Crippen molar-refractivity contribution in [3.8, 4) is 0 Å². The number of halogens is 2. The van der Waals surface area contributed by atoms with Crippen molar-refractivity contribution in [2.45, 2.75) is 25.7 Å². The minimum absolute atomic E-state index is 0.0143. The number of rotatable bonds is 7. The highest BCUT2D eigenvalue weighted by atomic mass is 35.5. The second-order valence-corrected chi connectivity index (χ2v) is 9.20. The van der Waals surface area contributed by atoms with Crippen molar-refractivity contribution in [2.24, 2.45) is 0 Å². The number of carboxylic acid groups (broad SMARTS) is 1. The van der Waals surface area contributed by atoms with Crippen molar-refractivity contribution >= 4 is 46.1 Å². The van der Waals surface area contributed by atoms with Crippen LogP contribution in [0.25, 0.3) is 11.0 Å². The molecule has 3 heterocycles. The number of carboxylic acids is 1. The van der Waals surface area contributed by atoms with Gasteiger partial charge in [-0.3, -0.25) is 19.0 Å². The number of carbonyl (C=O) groups excluding carboxylic acids is 2. The number of amides is 2. The molecule has 0 unspecified atom stereocenters.